The van der Waals surface area contributed by atoms with E-state index >= 15 is 0 Å². The molecule has 2 N–H and O–H groups in total. The molecule has 144 valence electrons. The number of carbonyl (C=O) groups is 1. The van der Waals surface area contributed by atoms with E-state index in [4.69, 9.17) is 4.74 Å². The molecule has 0 spiro atoms. The van der Waals surface area contributed by atoms with Crippen LogP contribution in [0.5, 0.6) is 5.75 Å². The SMILES string of the molecule is Cc1ccc(C)c(Nc2cncc(C(=O)Nc3ccc(OC(C)C)cc3)c2)c1. The maximum Gasteiger partial charge on any atom is 0.257 e. The van der Waals surface area contributed by atoms with Crippen molar-refractivity contribution in [2.24, 2.45) is 0 Å². The van der Waals surface area contributed by atoms with Crippen molar-refractivity contribution >= 4 is 23.0 Å². The zero-order valence-electron chi connectivity index (χ0n) is 16.6. The lowest BCUT2D eigenvalue weighted by molar-refractivity contribution is 0.102. The van der Waals surface area contributed by atoms with Gasteiger partial charge >= 0.3 is 0 Å². The topological polar surface area (TPSA) is 63.2 Å². The van der Waals surface area contributed by atoms with Crippen LogP contribution in [0.15, 0.2) is 60.9 Å². The van der Waals surface area contributed by atoms with Crippen LogP contribution in [0.1, 0.15) is 35.3 Å². The molecule has 0 bridgehead atoms. The molecule has 3 rings (SSSR count). The molecule has 1 heterocycles. The van der Waals surface area contributed by atoms with Crippen LogP contribution in [0.4, 0.5) is 17.1 Å². The second-order valence-electron chi connectivity index (χ2n) is 7.05. The molecule has 0 aliphatic heterocycles. The number of aryl methyl sites for hydroxylation is 2. The number of aromatic nitrogens is 1. The Morgan fingerprint density at radius 3 is 2.43 bits per heavy atom. The van der Waals surface area contributed by atoms with Gasteiger partial charge in [-0.2, -0.15) is 0 Å². The molecule has 0 radical (unpaired) electrons. The average molecular weight is 375 g/mol. The third kappa shape index (κ3) is 5.10. The van der Waals surface area contributed by atoms with E-state index in [0.29, 0.717) is 11.3 Å². The summed E-state index contributed by atoms with van der Waals surface area (Å²) in [6.07, 6.45) is 3.37. The van der Waals surface area contributed by atoms with Gasteiger partial charge < -0.3 is 15.4 Å². The van der Waals surface area contributed by atoms with Crippen molar-refractivity contribution in [1.82, 2.24) is 4.98 Å². The van der Waals surface area contributed by atoms with E-state index in [1.54, 1.807) is 18.5 Å². The molecule has 0 aliphatic rings. The van der Waals surface area contributed by atoms with E-state index in [-0.39, 0.29) is 12.0 Å². The summed E-state index contributed by atoms with van der Waals surface area (Å²) in [6.45, 7) is 8.03. The molecule has 5 nitrogen and oxygen atoms in total. The standard InChI is InChI=1S/C23H25N3O2/c1-15(2)28-21-9-7-19(8-10-21)26-23(27)18-12-20(14-24-13-18)25-22-11-16(3)5-6-17(22)4/h5-15,25H,1-4H3,(H,26,27). The minimum atomic E-state index is -0.213. The second kappa shape index (κ2) is 8.57. The molecule has 0 atom stereocenters. The first-order valence-electron chi connectivity index (χ1n) is 9.28. The second-order valence-corrected chi connectivity index (χ2v) is 7.05. The van der Waals surface area contributed by atoms with Gasteiger partial charge in [0.05, 0.1) is 23.6 Å². The smallest absolute Gasteiger partial charge is 0.257 e. The van der Waals surface area contributed by atoms with Gasteiger partial charge in [-0.15, -0.1) is 0 Å². The van der Waals surface area contributed by atoms with Gasteiger partial charge in [-0.1, -0.05) is 12.1 Å². The number of benzene rings is 2. The predicted molar refractivity (Wildman–Crippen MR) is 114 cm³/mol. The van der Waals surface area contributed by atoms with Crippen LogP contribution in [0, 0.1) is 13.8 Å². The molecule has 0 unspecified atom stereocenters. The fourth-order valence-corrected chi connectivity index (χ4v) is 2.75. The summed E-state index contributed by atoms with van der Waals surface area (Å²) in [5, 5.41) is 6.23. The number of anilines is 3. The first-order valence-corrected chi connectivity index (χ1v) is 9.28. The highest BCUT2D eigenvalue weighted by Crippen LogP contribution is 2.22. The molecule has 0 saturated carbocycles. The fraction of sp³-hybridized carbons (Fsp3) is 0.217. The van der Waals surface area contributed by atoms with Crippen LogP contribution in [-0.4, -0.2) is 17.0 Å². The summed E-state index contributed by atoms with van der Waals surface area (Å²) in [5.41, 5.74) is 5.25. The van der Waals surface area contributed by atoms with Crippen molar-refractivity contribution in [2.45, 2.75) is 33.8 Å². The molecular weight excluding hydrogens is 350 g/mol. The van der Waals surface area contributed by atoms with Crippen molar-refractivity contribution in [2.75, 3.05) is 10.6 Å². The highest BCUT2D eigenvalue weighted by Gasteiger charge is 2.09. The normalized spacial score (nSPS) is 10.6. The van der Waals surface area contributed by atoms with Gasteiger partial charge in [0, 0.05) is 17.6 Å². The maximum atomic E-state index is 12.6. The molecule has 0 saturated heterocycles. The molecule has 28 heavy (non-hydrogen) atoms. The van der Waals surface area contributed by atoms with E-state index in [1.807, 2.05) is 52.0 Å². The molecule has 1 amide bonds. The van der Waals surface area contributed by atoms with Gasteiger partial charge in [0.1, 0.15) is 5.75 Å². The molecule has 1 aromatic heterocycles. The Labute approximate surface area is 165 Å². The Morgan fingerprint density at radius 1 is 0.964 bits per heavy atom. The van der Waals surface area contributed by atoms with Crippen molar-refractivity contribution in [3.05, 3.63) is 77.6 Å². The van der Waals surface area contributed by atoms with Crippen molar-refractivity contribution in [3.8, 4) is 5.75 Å². The fourth-order valence-electron chi connectivity index (χ4n) is 2.75. The van der Waals surface area contributed by atoms with E-state index in [9.17, 15) is 4.79 Å². The van der Waals surface area contributed by atoms with E-state index in [2.05, 4.69) is 33.8 Å². The third-order valence-electron chi connectivity index (χ3n) is 4.16. The quantitative estimate of drug-likeness (QED) is 0.599. The molecule has 0 fully saturated rings. The molecule has 3 aromatic rings. The number of nitrogens with zero attached hydrogens (tertiary/aromatic N) is 1. The Kier molecular flexibility index (Phi) is 5.94. The van der Waals surface area contributed by atoms with Crippen LogP contribution in [0.2, 0.25) is 0 Å². The zero-order valence-corrected chi connectivity index (χ0v) is 16.6. The minimum Gasteiger partial charge on any atom is -0.491 e. The zero-order chi connectivity index (χ0) is 20.1. The Bertz CT molecular complexity index is 966. The summed E-state index contributed by atoms with van der Waals surface area (Å²) >= 11 is 0. The minimum absolute atomic E-state index is 0.110. The number of pyridine rings is 1. The highest BCUT2D eigenvalue weighted by atomic mass is 16.5. The maximum absolute atomic E-state index is 12.6. The number of carbonyl (C=O) groups excluding carboxylic acids is 1. The Balaban J connectivity index is 1.70. The average Bonchev–Trinajstić information content (AvgIpc) is 2.66. The number of ether oxygens (including phenoxy) is 1. The predicted octanol–water partition coefficient (Wildman–Crippen LogP) is 5.48. The monoisotopic (exact) mass is 375 g/mol. The Hall–Kier alpha value is -3.34. The summed E-state index contributed by atoms with van der Waals surface area (Å²) in [6, 6.07) is 15.3. The van der Waals surface area contributed by atoms with E-state index in [1.165, 1.54) is 5.56 Å². The third-order valence-corrected chi connectivity index (χ3v) is 4.16. The molecule has 5 heteroatoms. The first kappa shape index (κ1) is 19.4. The van der Waals surface area contributed by atoms with Crippen molar-refractivity contribution in [3.63, 3.8) is 0 Å². The van der Waals surface area contributed by atoms with Crippen LogP contribution in [0.3, 0.4) is 0 Å². The number of amides is 1. The van der Waals surface area contributed by atoms with Gasteiger partial charge in [0.25, 0.3) is 5.91 Å². The lowest BCUT2D eigenvalue weighted by Crippen LogP contribution is -2.12. The number of rotatable bonds is 6. The summed E-state index contributed by atoms with van der Waals surface area (Å²) in [5.74, 6) is 0.559. The van der Waals surface area contributed by atoms with Gasteiger partial charge in [-0.25, -0.2) is 0 Å². The molecular formula is C23H25N3O2. The van der Waals surface area contributed by atoms with Crippen molar-refractivity contribution in [1.29, 1.82) is 0 Å². The van der Waals surface area contributed by atoms with Crippen molar-refractivity contribution < 1.29 is 9.53 Å². The van der Waals surface area contributed by atoms with Crippen LogP contribution >= 0.6 is 0 Å². The van der Waals surface area contributed by atoms with Gasteiger partial charge in [0.2, 0.25) is 0 Å². The number of hydrogen-bond acceptors (Lipinski definition) is 4. The summed E-state index contributed by atoms with van der Waals surface area (Å²) < 4.78 is 5.62. The van der Waals surface area contributed by atoms with Crippen LogP contribution in [0.25, 0.3) is 0 Å². The van der Waals surface area contributed by atoms with Gasteiger partial charge in [-0.05, 0) is 75.2 Å². The van der Waals surface area contributed by atoms with E-state index < -0.39 is 0 Å². The summed E-state index contributed by atoms with van der Waals surface area (Å²) in [4.78, 5) is 16.8. The highest BCUT2D eigenvalue weighted by molar-refractivity contribution is 6.04. The van der Waals surface area contributed by atoms with Crippen LogP contribution < -0.4 is 15.4 Å². The lowest BCUT2D eigenvalue weighted by atomic mass is 10.1. The van der Waals surface area contributed by atoms with Gasteiger partial charge in [-0.3, -0.25) is 9.78 Å². The first-order chi connectivity index (χ1) is 13.4. The molecule has 2 aromatic carbocycles. The van der Waals surface area contributed by atoms with Crippen LogP contribution in [-0.2, 0) is 0 Å². The Morgan fingerprint density at radius 2 is 1.71 bits per heavy atom. The number of hydrogen-bond donors (Lipinski definition) is 2. The lowest BCUT2D eigenvalue weighted by Gasteiger charge is -2.12. The molecule has 0 aliphatic carbocycles. The van der Waals surface area contributed by atoms with Gasteiger partial charge in [0.15, 0.2) is 0 Å². The number of nitrogens with one attached hydrogen (secondary N) is 2. The van der Waals surface area contributed by atoms with E-state index in [0.717, 1.165) is 22.7 Å². The largest absolute Gasteiger partial charge is 0.491 e. The summed E-state index contributed by atoms with van der Waals surface area (Å²) in [7, 11) is 0.